The van der Waals surface area contributed by atoms with Crippen molar-refractivity contribution in [3.63, 3.8) is 0 Å². The van der Waals surface area contributed by atoms with Crippen LogP contribution in [0.2, 0.25) is 0 Å². The Labute approximate surface area is 211 Å². The fraction of sp³-hybridized carbons (Fsp3) is 0.600. The van der Waals surface area contributed by atoms with E-state index in [2.05, 4.69) is 20.0 Å². The molecule has 5 rings (SSSR count). The van der Waals surface area contributed by atoms with E-state index < -0.39 is 15.6 Å². The molecule has 1 amide bonds. The van der Waals surface area contributed by atoms with Gasteiger partial charge in [0.1, 0.15) is 0 Å². The Morgan fingerprint density at radius 1 is 1.25 bits per heavy atom. The van der Waals surface area contributed by atoms with Crippen molar-refractivity contribution < 1.29 is 17.6 Å². The van der Waals surface area contributed by atoms with Gasteiger partial charge in [0.05, 0.1) is 29.0 Å². The maximum absolute atomic E-state index is 13.4. The zero-order valence-corrected chi connectivity index (χ0v) is 21.9. The Morgan fingerprint density at radius 3 is 2.61 bits per heavy atom. The molecule has 2 N–H and O–H groups in total. The summed E-state index contributed by atoms with van der Waals surface area (Å²) in [6.45, 7) is 8.74. The molecule has 36 heavy (non-hydrogen) atoms. The van der Waals surface area contributed by atoms with Gasteiger partial charge >= 0.3 is 0 Å². The van der Waals surface area contributed by atoms with Gasteiger partial charge in [-0.3, -0.25) is 9.48 Å². The third-order valence-corrected chi connectivity index (χ3v) is 9.20. The molecule has 1 aromatic carbocycles. The van der Waals surface area contributed by atoms with Gasteiger partial charge in [-0.1, -0.05) is 13.8 Å². The van der Waals surface area contributed by atoms with Gasteiger partial charge in [-0.2, -0.15) is 5.10 Å². The highest BCUT2D eigenvalue weighted by Crippen LogP contribution is 2.38. The Morgan fingerprint density at radius 2 is 1.97 bits per heavy atom. The van der Waals surface area contributed by atoms with E-state index in [1.165, 1.54) is 6.08 Å². The number of nitrogens with zero attached hydrogens (tertiary/aromatic N) is 4. The van der Waals surface area contributed by atoms with Gasteiger partial charge in [0.25, 0.3) is 0 Å². The number of piperazine rings is 1. The minimum absolute atomic E-state index is 0.0241. The Hall–Kier alpha value is -2.50. The maximum Gasteiger partial charge on any atom is 0.241 e. The van der Waals surface area contributed by atoms with Gasteiger partial charge in [-0.25, -0.2) is 17.5 Å². The van der Waals surface area contributed by atoms with Crippen LogP contribution in [0.15, 0.2) is 35.6 Å². The molecular weight excluding hydrogens is 483 g/mol. The van der Waals surface area contributed by atoms with Crippen molar-refractivity contribution in [3.05, 3.63) is 30.7 Å². The SMILES string of the molecule is CC(C)C(=O)N1CCN(c2cc(S(=O)(=O)NC3(C)CC3)cc3c2cnn3[C@@H]2CNC(/C=C/F)C2)CC1. The highest BCUT2D eigenvalue weighted by molar-refractivity contribution is 7.89. The second kappa shape index (κ2) is 9.42. The molecule has 1 aromatic heterocycles. The molecule has 3 heterocycles. The van der Waals surface area contributed by atoms with Crippen molar-refractivity contribution in [2.75, 3.05) is 37.6 Å². The summed E-state index contributed by atoms with van der Waals surface area (Å²) in [5, 5.41) is 8.81. The standard InChI is InChI=1S/C25H35FN6O3S/c1-17(2)24(33)31-10-8-30(9-11-31)22-13-20(36(34,35)29-25(3)5-6-25)14-23-21(22)16-28-32(23)19-12-18(4-7-26)27-15-19/h4,7,13-14,16-19,27,29H,5-6,8-12,15H2,1-3H3/b7-4+/t18?,19-/m0/s1. The predicted molar refractivity (Wildman–Crippen MR) is 137 cm³/mol. The van der Waals surface area contributed by atoms with Gasteiger partial charge in [-0.15, -0.1) is 0 Å². The fourth-order valence-corrected chi connectivity index (χ4v) is 6.69. The van der Waals surface area contributed by atoms with Crippen molar-refractivity contribution in [2.45, 2.75) is 62.6 Å². The van der Waals surface area contributed by atoms with Gasteiger partial charge in [0.15, 0.2) is 0 Å². The van der Waals surface area contributed by atoms with Crippen molar-refractivity contribution in [3.8, 4) is 0 Å². The first-order valence-corrected chi connectivity index (χ1v) is 14.2. The van der Waals surface area contributed by atoms with E-state index in [-0.39, 0.29) is 28.8 Å². The number of hydrogen-bond acceptors (Lipinski definition) is 6. The molecule has 196 valence electrons. The summed E-state index contributed by atoms with van der Waals surface area (Å²) in [4.78, 5) is 16.7. The van der Waals surface area contributed by atoms with Crippen molar-refractivity contribution >= 4 is 32.5 Å². The number of rotatable bonds is 7. The summed E-state index contributed by atoms with van der Waals surface area (Å²) in [6.07, 6.45) is 6.14. The first kappa shape index (κ1) is 25.2. The highest BCUT2D eigenvalue weighted by Gasteiger charge is 2.41. The number of halogens is 1. The van der Waals surface area contributed by atoms with Gasteiger partial charge in [0, 0.05) is 61.3 Å². The molecule has 2 atom stereocenters. The van der Waals surface area contributed by atoms with Crippen molar-refractivity contribution in [1.29, 1.82) is 0 Å². The molecule has 3 aliphatic rings. The number of anilines is 1. The van der Waals surface area contributed by atoms with Gasteiger partial charge in [-0.05, 0) is 44.4 Å². The second-order valence-corrected chi connectivity index (χ2v) is 12.5. The van der Waals surface area contributed by atoms with Crippen LogP contribution in [0.4, 0.5) is 10.1 Å². The molecule has 0 bridgehead atoms. The number of aromatic nitrogens is 2. The molecule has 2 saturated heterocycles. The lowest BCUT2D eigenvalue weighted by Crippen LogP contribution is -2.50. The molecule has 0 radical (unpaired) electrons. The molecule has 3 fully saturated rings. The average molecular weight is 519 g/mol. The van der Waals surface area contributed by atoms with E-state index >= 15 is 0 Å². The van der Waals surface area contributed by atoms with Crippen LogP contribution in [0, 0.1) is 5.92 Å². The van der Waals surface area contributed by atoms with Crippen LogP contribution in [0.5, 0.6) is 0 Å². The largest absolute Gasteiger partial charge is 0.367 e. The molecule has 9 nitrogen and oxygen atoms in total. The van der Waals surface area contributed by atoms with E-state index in [0.29, 0.717) is 45.5 Å². The van der Waals surface area contributed by atoms with E-state index in [9.17, 15) is 17.6 Å². The minimum atomic E-state index is -3.74. The molecule has 1 unspecified atom stereocenters. The van der Waals surface area contributed by atoms with Gasteiger partial charge in [0.2, 0.25) is 15.9 Å². The first-order chi connectivity index (χ1) is 17.1. The number of sulfonamides is 1. The zero-order valence-electron chi connectivity index (χ0n) is 21.1. The van der Waals surface area contributed by atoms with Crippen LogP contribution < -0.4 is 14.9 Å². The number of benzene rings is 1. The highest BCUT2D eigenvalue weighted by atomic mass is 32.2. The predicted octanol–water partition coefficient (Wildman–Crippen LogP) is 2.56. The van der Waals surface area contributed by atoms with Crippen molar-refractivity contribution in [1.82, 2.24) is 24.7 Å². The lowest BCUT2D eigenvalue weighted by molar-refractivity contribution is -0.134. The molecule has 1 aliphatic carbocycles. The molecule has 0 spiro atoms. The second-order valence-electron chi connectivity index (χ2n) is 10.8. The number of hydrogen-bond donors (Lipinski definition) is 2. The lowest BCUT2D eigenvalue weighted by Gasteiger charge is -2.37. The number of nitrogens with one attached hydrogen (secondary N) is 2. The number of carbonyl (C=O) groups is 1. The Kier molecular flexibility index (Phi) is 6.59. The van der Waals surface area contributed by atoms with Crippen LogP contribution in [0.1, 0.15) is 46.1 Å². The van der Waals surface area contributed by atoms with E-state index in [1.54, 1.807) is 18.3 Å². The molecule has 1 saturated carbocycles. The quantitative estimate of drug-likeness (QED) is 0.585. The van der Waals surface area contributed by atoms with E-state index in [1.807, 2.05) is 30.4 Å². The average Bonchev–Trinajstić information content (AvgIpc) is 3.22. The third kappa shape index (κ3) is 4.88. The topological polar surface area (TPSA) is 99.6 Å². The maximum atomic E-state index is 13.4. The van der Waals surface area contributed by atoms with Crippen LogP contribution in [0.3, 0.4) is 0 Å². The zero-order chi connectivity index (χ0) is 25.7. The summed E-state index contributed by atoms with van der Waals surface area (Å²) in [6, 6.07) is 3.33. The number of amides is 1. The molecule has 11 heteroatoms. The smallest absolute Gasteiger partial charge is 0.241 e. The van der Waals surface area contributed by atoms with Crippen LogP contribution >= 0.6 is 0 Å². The van der Waals surface area contributed by atoms with Gasteiger partial charge < -0.3 is 15.1 Å². The van der Waals surface area contributed by atoms with Crippen molar-refractivity contribution in [2.24, 2.45) is 5.92 Å². The molecule has 2 aromatic rings. The number of fused-ring (bicyclic) bond motifs is 1. The summed E-state index contributed by atoms with van der Waals surface area (Å²) < 4.78 is 44.3. The number of carbonyl (C=O) groups excluding carboxylic acids is 1. The lowest BCUT2D eigenvalue weighted by atomic mass is 10.1. The first-order valence-electron chi connectivity index (χ1n) is 12.7. The summed E-state index contributed by atoms with van der Waals surface area (Å²) in [5.41, 5.74) is 1.16. The normalized spacial score (nSPS) is 24.4. The Balaban J connectivity index is 1.51. The van der Waals surface area contributed by atoms with Crippen LogP contribution in [-0.2, 0) is 14.8 Å². The fourth-order valence-electron chi connectivity index (χ4n) is 5.18. The van der Waals surface area contributed by atoms with E-state index in [0.717, 1.165) is 29.4 Å². The summed E-state index contributed by atoms with van der Waals surface area (Å²) in [7, 11) is -3.74. The third-order valence-electron chi connectivity index (χ3n) is 7.58. The molecular formula is C25H35FN6O3S. The summed E-state index contributed by atoms with van der Waals surface area (Å²) >= 11 is 0. The van der Waals surface area contributed by atoms with E-state index in [4.69, 9.17) is 0 Å². The molecule has 2 aliphatic heterocycles. The monoisotopic (exact) mass is 518 g/mol. The minimum Gasteiger partial charge on any atom is -0.367 e. The van der Waals surface area contributed by atoms with Crippen LogP contribution in [-0.4, -0.2) is 73.3 Å². The van der Waals surface area contributed by atoms with Crippen LogP contribution in [0.25, 0.3) is 10.9 Å². The summed E-state index contributed by atoms with van der Waals surface area (Å²) in [5.74, 6) is 0.0809. The Bertz CT molecular complexity index is 1280.